The number of epoxide rings is 1. The molecule has 0 amide bonds. The number of para-hydroxylation sites is 1. The van der Waals surface area contributed by atoms with Gasteiger partial charge >= 0.3 is 0 Å². The number of ether oxygens (including phenoxy) is 2. The highest BCUT2D eigenvalue weighted by atomic mass is 16.6. The lowest BCUT2D eigenvalue weighted by atomic mass is 9.97. The van der Waals surface area contributed by atoms with Crippen LogP contribution in [-0.4, -0.2) is 12.2 Å². The van der Waals surface area contributed by atoms with Crippen molar-refractivity contribution in [3.8, 4) is 11.5 Å². The molecular weight excluding hydrogens is 248 g/mol. The molecule has 0 N–H and O–H groups in total. The van der Waals surface area contributed by atoms with Gasteiger partial charge in [0.05, 0.1) is 12.2 Å². The van der Waals surface area contributed by atoms with Gasteiger partial charge in [0.1, 0.15) is 11.5 Å². The topological polar surface area (TPSA) is 21.8 Å². The maximum Gasteiger partial charge on any atom is 0.127 e. The first-order valence-electron chi connectivity index (χ1n) is 7.19. The van der Waals surface area contributed by atoms with Crippen LogP contribution in [-0.2, 0) is 11.2 Å². The van der Waals surface area contributed by atoms with E-state index >= 15 is 0 Å². The third-order valence-electron chi connectivity index (χ3n) is 3.78. The molecule has 104 valence electrons. The van der Waals surface area contributed by atoms with Crippen LogP contribution >= 0.6 is 0 Å². The first-order valence-corrected chi connectivity index (χ1v) is 7.19. The smallest absolute Gasteiger partial charge is 0.127 e. The summed E-state index contributed by atoms with van der Waals surface area (Å²) in [5.41, 5.74) is 1.33. The Labute approximate surface area is 120 Å². The molecule has 2 aromatic carbocycles. The average molecular weight is 268 g/mol. The molecule has 0 saturated carbocycles. The van der Waals surface area contributed by atoms with E-state index in [1.807, 2.05) is 42.5 Å². The third-order valence-corrected chi connectivity index (χ3v) is 3.78. The summed E-state index contributed by atoms with van der Waals surface area (Å²) in [7, 11) is 0. The highest BCUT2D eigenvalue weighted by Gasteiger charge is 2.38. The van der Waals surface area contributed by atoms with Crippen molar-refractivity contribution in [3.63, 3.8) is 0 Å². The third kappa shape index (κ3) is 3.20. The molecule has 20 heavy (non-hydrogen) atoms. The standard InChI is InChI=1S/C18H20O2/c1-13(18-14(2)19-18)12-15-8-10-17(11-9-15)20-16-6-4-3-5-7-16/h3-11,13-14,18H,12H2,1-2H3. The van der Waals surface area contributed by atoms with Crippen LogP contribution in [0.25, 0.3) is 0 Å². The van der Waals surface area contributed by atoms with Crippen molar-refractivity contribution in [3.05, 3.63) is 60.2 Å². The molecule has 0 bridgehead atoms. The first-order chi connectivity index (χ1) is 9.72. The molecule has 2 nitrogen and oxygen atoms in total. The zero-order chi connectivity index (χ0) is 13.9. The zero-order valence-corrected chi connectivity index (χ0v) is 12.0. The molecule has 2 heteroatoms. The predicted octanol–water partition coefficient (Wildman–Crippen LogP) is 4.44. The molecule has 3 rings (SSSR count). The Bertz CT molecular complexity index is 547. The van der Waals surface area contributed by atoms with Crippen LogP contribution in [0.2, 0.25) is 0 Å². The molecule has 1 fully saturated rings. The van der Waals surface area contributed by atoms with Crippen LogP contribution < -0.4 is 4.74 Å². The van der Waals surface area contributed by atoms with Crippen molar-refractivity contribution in [2.24, 2.45) is 5.92 Å². The van der Waals surface area contributed by atoms with E-state index in [0.29, 0.717) is 18.1 Å². The summed E-state index contributed by atoms with van der Waals surface area (Å²) in [5.74, 6) is 2.32. The van der Waals surface area contributed by atoms with Gasteiger partial charge in [-0.2, -0.15) is 0 Å². The second-order valence-electron chi connectivity index (χ2n) is 5.55. The monoisotopic (exact) mass is 268 g/mol. The van der Waals surface area contributed by atoms with E-state index in [1.54, 1.807) is 0 Å². The van der Waals surface area contributed by atoms with Crippen LogP contribution in [0, 0.1) is 5.92 Å². The molecule has 3 unspecified atom stereocenters. The summed E-state index contributed by atoms with van der Waals surface area (Å²) in [4.78, 5) is 0. The van der Waals surface area contributed by atoms with Crippen molar-refractivity contribution in [2.45, 2.75) is 32.5 Å². The Hall–Kier alpha value is -1.80. The van der Waals surface area contributed by atoms with E-state index in [1.165, 1.54) is 5.56 Å². The highest BCUT2D eigenvalue weighted by molar-refractivity contribution is 5.33. The molecule has 1 aliphatic rings. The Balaban J connectivity index is 1.60. The van der Waals surface area contributed by atoms with Crippen LogP contribution in [0.4, 0.5) is 0 Å². The van der Waals surface area contributed by atoms with E-state index in [4.69, 9.17) is 9.47 Å². The van der Waals surface area contributed by atoms with Crippen molar-refractivity contribution in [1.29, 1.82) is 0 Å². The Morgan fingerprint density at radius 2 is 1.60 bits per heavy atom. The van der Waals surface area contributed by atoms with Gasteiger partial charge in [-0.3, -0.25) is 0 Å². The second kappa shape index (κ2) is 5.68. The molecule has 0 radical (unpaired) electrons. The van der Waals surface area contributed by atoms with E-state index in [0.717, 1.165) is 17.9 Å². The second-order valence-corrected chi connectivity index (χ2v) is 5.55. The number of hydrogen-bond donors (Lipinski definition) is 0. The minimum absolute atomic E-state index is 0.436. The quantitative estimate of drug-likeness (QED) is 0.747. The van der Waals surface area contributed by atoms with Gasteiger partial charge in [0, 0.05) is 0 Å². The van der Waals surface area contributed by atoms with Crippen molar-refractivity contribution >= 4 is 0 Å². The lowest BCUT2D eigenvalue weighted by Crippen LogP contribution is -2.08. The van der Waals surface area contributed by atoms with Crippen molar-refractivity contribution in [1.82, 2.24) is 0 Å². The Morgan fingerprint density at radius 1 is 1.00 bits per heavy atom. The molecule has 1 aliphatic heterocycles. The minimum Gasteiger partial charge on any atom is -0.457 e. The Morgan fingerprint density at radius 3 is 2.20 bits per heavy atom. The lowest BCUT2D eigenvalue weighted by molar-refractivity contribution is 0.328. The molecule has 1 heterocycles. The van der Waals surface area contributed by atoms with Crippen LogP contribution in [0.5, 0.6) is 11.5 Å². The van der Waals surface area contributed by atoms with Gasteiger partial charge in [0.25, 0.3) is 0 Å². The predicted molar refractivity (Wildman–Crippen MR) is 80.2 cm³/mol. The largest absolute Gasteiger partial charge is 0.457 e. The van der Waals surface area contributed by atoms with E-state index in [-0.39, 0.29) is 0 Å². The normalized spacial score (nSPS) is 22.3. The van der Waals surface area contributed by atoms with E-state index < -0.39 is 0 Å². The molecule has 3 atom stereocenters. The first kappa shape index (κ1) is 13.2. The van der Waals surface area contributed by atoms with Crippen LogP contribution in [0.15, 0.2) is 54.6 Å². The number of rotatable bonds is 5. The van der Waals surface area contributed by atoms with Crippen molar-refractivity contribution in [2.75, 3.05) is 0 Å². The fourth-order valence-corrected chi connectivity index (χ4v) is 2.61. The molecule has 0 spiro atoms. The highest BCUT2D eigenvalue weighted by Crippen LogP contribution is 2.31. The molecule has 0 aliphatic carbocycles. The summed E-state index contributed by atoms with van der Waals surface area (Å²) < 4.78 is 11.3. The average Bonchev–Trinajstić information content (AvgIpc) is 3.19. The molecule has 0 aromatic heterocycles. The maximum absolute atomic E-state index is 5.79. The molecule has 1 saturated heterocycles. The fourth-order valence-electron chi connectivity index (χ4n) is 2.61. The summed E-state index contributed by atoms with van der Waals surface area (Å²) in [6, 6.07) is 18.2. The minimum atomic E-state index is 0.436. The summed E-state index contributed by atoms with van der Waals surface area (Å²) >= 11 is 0. The van der Waals surface area contributed by atoms with Gasteiger partial charge in [0.15, 0.2) is 0 Å². The Kier molecular flexibility index (Phi) is 3.75. The maximum atomic E-state index is 5.79. The van der Waals surface area contributed by atoms with Gasteiger partial charge in [0.2, 0.25) is 0 Å². The van der Waals surface area contributed by atoms with Crippen LogP contribution in [0.1, 0.15) is 19.4 Å². The van der Waals surface area contributed by atoms with Gasteiger partial charge in [-0.05, 0) is 49.1 Å². The molecular formula is C18H20O2. The number of hydrogen-bond acceptors (Lipinski definition) is 2. The zero-order valence-electron chi connectivity index (χ0n) is 12.0. The van der Waals surface area contributed by atoms with Gasteiger partial charge < -0.3 is 9.47 Å². The van der Waals surface area contributed by atoms with Gasteiger partial charge in [-0.15, -0.1) is 0 Å². The summed E-state index contributed by atoms with van der Waals surface area (Å²) in [6.45, 7) is 4.39. The van der Waals surface area contributed by atoms with E-state index in [9.17, 15) is 0 Å². The lowest BCUT2D eigenvalue weighted by Gasteiger charge is -2.10. The van der Waals surface area contributed by atoms with Crippen LogP contribution in [0.3, 0.4) is 0 Å². The number of benzene rings is 2. The molecule has 2 aromatic rings. The van der Waals surface area contributed by atoms with Crippen molar-refractivity contribution < 1.29 is 9.47 Å². The van der Waals surface area contributed by atoms with Gasteiger partial charge in [-0.25, -0.2) is 0 Å². The summed E-state index contributed by atoms with van der Waals surface area (Å²) in [5, 5.41) is 0. The van der Waals surface area contributed by atoms with E-state index in [2.05, 4.69) is 26.0 Å². The SMILES string of the molecule is CC(Cc1ccc(Oc2ccccc2)cc1)C1OC1C. The van der Waals surface area contributed by atoms with Gasteiger partial charge in [-0.1, -0.05) is 37.3 Å². The fraction of sp³-hybridized carbons (Fsp3) is 0.333. The summed E-state index contributed by atoms with van der Waals surface area (Å²) in [6.07, 6.45) is 1.93.